The van der Waals surface area contributed by atoms with Gasteiger partial charge in [0.15, 0.2) is 18.9 Å². The minimum absolute atomic E-state index is 0. The van der Waals surface area contributed by atoms with Crippen LogP contribution >= 0.6 is 31.9 Å². The molecule has 0 radical (unpaired) electrons. The van der Waals surface area contributed by atoms with E-state index in [1.54, 1.807) is 48.5 Å². The molecule has 2 N–H and O–H groups in total. The molecule has 0 amide bonds. The van der Waals surface area contributed by atoms with Gasteiger partial charge in [0, 0.05) is 18.6 Å². The third-order valence-electron chi connectivity index (χ3n) is 11.2. The molecule has 0 aliphatic rings. The molecule has 72 heavy (non-hydrogen) atoms. The molecule has 16 heteroatoms. The topological polar surface area (TPSA) is 160 Å². The summed E-state index contributed by atoms with van der Waals surface area (Å²) in [7, 11) is 0. The maximum Gasteiger partial charge on any atom is 0.322 e. The van der Waals surface area contributed by atoms with E-state index in [0.29, 0.717) is 51.0 Å². The lowest BCUT2D eigenvalue weighted by atomic mass is 9.83. The molecular weight excluding hydrogens is 1120 g/mol. The van der Waals surface area contributed by atoms with E-state index in [-0.39, 0.29) is 55.8 Å². The maximum absolute atomic E-state index is 12.7. The van der Waals surface area contributed by atoms with Crippen molar-refractivity contribution in [2.45, 2.75) is 87.7 Å². The van der Waals surface area contributed by atoms with Crippen LogP contribution in [0.15, 0.2) is 140 Å². The summed E-state index contributed by atoms with van der Waals surface area (Å²) in [4.78, 5) is 37.0. The molecule has 5 rings (SSSR count). The zero-order valence-corrected chi connectivity index (χ0v) is 47.1. The Morgan fingerprint density at radius 1 is 0.472 bits per heavy atom. The number of rotatable bonds is 27. The molecule has 3 atom stereocenters. The fourth-order valence-corrected chi connectivity index (χ4v) is 8.05. The standard InChI is InChI=1S/C34H43BrNO7.C22H27BrO5.BrH/c1-32(2,26-33(3,35)31(38)42-21-11-20-36-18-9-6-10-19-36)30(37)43-25-23-40-22-24-41-29-16-14-28(15-17-29)34(4,39)27-12-7-5-8-13-27;1-21(2,23)20(24)28-16-14-26-13-15-27-19-11-9-18(10-12-19)22(3,25)17-7-5-4-6-8-17;/h5-10,12-19,39H,11,20-26H2,1-4H3;4-12,25H,13-16H2,1-3H3;1H/q+1;;/p-1. The Hall–Kier alpha value is -4.68. The Morgan fingerprint density at radius 2 is 0.847 bits per heavy atom. The van der Waals surface area contributed by atoms with E-state index in [9.17, 15) is 24.6 Å². The molecule has 1 aromatic heterocycles. The third-order valence-corrected chi connectivity index (χ3v) is 12.2. The second kappa shape index (κ2) is 29.9. The molecule has 0 saturated carbocycles. The van der Waals surface area contributed by atoms with E-state index in [1.165, 1.54) is 0 Å². The number of aryl methyl sites for hydroxylation is 1. The van der Waals surface area contributed by atoms with Crippen LogP contribution in [0.3, 0.4) is 0 Å². The molecule has 13 nitrogen and oxygen atoms in total. The number of nitrogens with zero attached hydrogens (tertiary/aromatic N) is 1. The normalized spacial score (nSPS) is 13.8. The zero-order valence-electron chi connectivity index (χ0n) is 42.3. The van der Waals surface area contributed by atoms with Gasteiger partial charge < -0.3 is 60.4 Å². The Bertz CT molecular complexity index is 2340. The Kier molecular flexibility index (Phi) is 25.6. The fraction of sp³-hybridized carbons (Fsp3) is 0.429. The van der Waals surface area contributed by atoms with Crippen LogP contribution < -0.4 is 31.0 Å². The first-order valence-corrected chi connectivity index (χ1v) is 25.2. The zero-order chi connectivity index (χ0) is 52.0. The first-order chi connectivity index (χ1) is 33.6. The summed E-state index contributed by atoms with van der Waals surface area (Å²) in [5.74, 6) is 0.210. The minimum Gasteiger partial charge on any atom is -1.00 e. The molecule has 0 aliphatic carbocycles. The Morgan fingerprint density at radius 3 is 1.28 bits per heavy atom. The van der Waals surface area contributed by atoms with Crippen LogP contribution in [0.1, 0.15) is 83.6 Å². The molecule has 4 aromatic carbocycles. The number of pyridine rings is 1. The van der Waals surface area contributed by atoms with E-state index in [2.05, 4.69) is 31.9 Å². The molecule has 1 heterocycles. The number of carbonyl (C=O) groups excluding carboxylic acids is 3. The second-order valence-corrected chi connectivity index (χ2v) is 22.2. The highest BCUT2D eigenvalue weighted by molar-refractivity contribution is 9.10. The maximum atomic E-state index is 12.7. The summed E-state index contributed by atoms with van der Waals surface area (Å²) in [6.07, 6.45) is 4.82. The number of carbonyl (C=O) groups is 3. The molecule has 0 spiro atoms. The number of alkyl halides is 2. The van der Waals surface area contributed by atoms with Crippen molar-refractivity contribution >= 4 is 49.8 Å². The van der Waals surface area contributed by atoms with Gasteiger partial charge in [-0.05, 0) is 101 Å². The van der Waals surface area contributed by atoms with Gasteiger partial charge in [-0.15, -0.1) is 0 Å². The van der Waals surface area contributed by atoms with E-state index < -0.39 is 37.2 Å². The van der Waals surface area contributed by atoms with Gasteiger partial charge in [0.2, 0.25) is 0 Å². The van der Waals surface area contributed by atoms with Crippen molar-refractivity contribution in [2.75, 3.05) is 59.5 Å². The van der Waals surface area contributed by atoms with Crippen molar-refractivity contribution < 1.29 is 79.3 Å². The van der Waals surface area contributed by atoms with Gasteiger partial charge in [0.1, 0.15) is 57.8 Å². The number of ether oxygens (including phenoxy) is 7. The van der Waals surface area contributed by atoms with Crippen molar-refractivity contribution in [3.05, 3.63) is 162 Å². The van der Waals surface area contributed by atoms with Crippen molar-refractivity contribution in [1.29, 1.82) is 0 Å². The minimum atomic E-state index is -1.10. The Labute approximate surface area is 452 Å². The van der Waals surface area contributed by atoms with E-state index in [4.69, 9.17) is 33.2 Å². The number of aromatic nitrogens is 1. The van der Waals surface area contributed by atoms with Crippen LogP contribution in [0.5, 0.6) is 11.5 Å². The average molecular weight is 1190 g/mol. The SMILES string of the molecule is CC(C)(Br)C(=O)OCCOCCOc1ccc(C(C)(O)c2ccccc2)cc1.CC(C)(CC(C)(Br)C(=O)OCCC[n+]1ccccc1)C(=O)OCCOCCOc1ccc(C(C)(O)c2ccccc2)cc1.[Br-]. The van der Waals surface area contributed by atoms with Crippen LogP contribution in [0.4, 0.5) is 0 Å². The first kappa shape index (κ1) is 61.6. The van der Waals surface area contributed by atoms with Crippen LogP contribution in [-0.4, -0.2) is 96.2 Å². The van der Waals surface area contributed by atoms with Gasteiger partial charge in [-0.1, -0.05) is 123 Å². The van der Waals surface area contributed by atoms with Crippen molar-refractivity contribution in [1.82, 2.24) is 0 Å². The van der Waals surface area contributed by atoms with Crippen molar-refractivity contribution in [3.63, 3.8) is 0 Å². The molecule has 0 bridgehead atoms. The highest BCUT2D eigenvalue weighted by Gasteiger charge is 2.42. The van der Waals surface area contributed by atoms with E-state index in [1.807, 2.05) is 144 Å². The van der Waals surface area contributed by atoms with Gasteiger partial charge in [0.05, 0.1) is 38.4 Å². The summed E-state index contributed by atoms with van der Waals surface area (Å²) in [5.41, 5.74) is 0.117. The highest BCUT2D eigenvalue weighted by atomic mass is 79.9. The number of hydrogen-bond donors (Lipinski definition) is 2. The molecule has 0 aliphatic heterocycles. The lowest BCUT2D eigenvalue weighted by molar-refractivity contribution is -0.697. The van der Waals surface area contributed by atoms with Crippen molar-refractivity contribution in [2.24, 2.45) is 5.41 Å². The van der Waals surface area contributed by atoms with Gasteiger partial charge in [-0.25, -0.2) is 4.57 Å². The molecule has 3 unspecified atom stereocenters. The van der Waals surface area contributed by atoms with Crippen LogP contribution in [0, 0.1) is 5.41 Å². The lowest BCUT2D eigenvalue weighted by Crippen LogP contribution is -3.00. The van der Waals surface area contributed by atoms with Crippen molar-refractivity contribution in [3.8, 4) is 11.5 Å². The molecule has 392 valence electrons. The van der Waals surface area contributed by atoms with Gasteiger partial charge in [-0.2, -0.15) is 0 Å². The number of hydrogen-bond acceptors (Lipinski definition) is 12. The quantitative estimate of drug-likeness (QED) is 0.0196. The summed E-state index contributed by atoms with van der Waals surface area (Å²) in [5, 5.41) is 21.8. The Balaban J connectivity index is 0.000000409. The summed E-state index contributed by atoms with van der Waals surface area (Å²) in [6.45, 7) is 15.5. The summed E-state index contributed by atoms with van der Waals surface area (Å²) < 4.78 is 38.6. The average Bonchev–Trinajstić information content (AvgIpc) is 3.35. The fourth-order valence-electron chi connectivity index (χ4n) is 7.12. The van der Waals surface area contributed by atoms with Gasteiger partial charge in [0.25, 0.3) is 0 Å². The molecule has 5 aromatic rings. The van der Waals surface area contributed by atoms with Gasteiger partial charge >= 0.3 is 17.9 Å². The van der Waals surface area contributed by atoms with Crippen LogP contribution in [0.2, 0.25) is 0 Å². The molecule has 0 saturated heterocycles. The van der Waals surface area contributed by atoms with Crippen LogP contribution in [-0.2, 0) is 55.8 Å². The molecule has 0 fully saturated rings. The second-order valence-electron chi connectivity index (χ2n) is 18.5. The number of halogens is 3. The highest BCUT2D eigenvalue weighted by Crippen LogP contribution is 2.36. The summed E-state index contributed by atoms with van der Waals surface area (Å²) in [6, 6.07) is 39.5. The largest absolute Gasteiger partial charge is 1.00 e. The summed E-state index contributed by atoms with van der Waals surface area (Å²) >= 11 is 6.71. The van der Waals surface area contributed by atoms with E-state index in [0.717, 1.165) is 28.8 Å². The lowest BCUT2D eigenvalue weighted by Gasteiger charge is -2.30. The first-order valence-electron chi connectivity index (χ1n) is 23.6. The number of benzene rings is 4. The smallest absolute Gasteiger partial charge is 0.322 e. The molecular formula is C56H70Br3NO12. The number of aliphatic hydroxyl groups is 2. The van der Waals surface area contributed by atoms with Crippen LogP contribution in [0.25, 0.3) is 0 Å². The predicted molar refractivity (Wildman–Crippen MR) is 279 cm³/mol. The number of esters is 3. The third kappa shape index (κ3) is 20.7. The van der Waals surface area contributed by atoms with E-state index >= 15 is 0 Å². The monoisotopic (exact) mass is 1190 g/mol. The van der Waals surface area contributed by atoms with Gasteiger partial charge in [-0.3, -0.25) is 14.4 Å². The predicted octanol–water partition coefficient (Wildman–Crippen LogP) is 6.43.